The molecule has 0 radical (unpaired) electrons. The molecule has 0 aliphatic rings. The highest BCUT2D eigenvalue weighted by Gasteiger charge is 2.39. The van der Waals surface area contributed by atoms with Crippen LogP contribution in [0.2, 0.25) is 0 Å². The number of aromatic nitrogens is 4. The molecular weight excluding hydrogens is 403 g/mol. The SMILES string of the molecule is CCn1nccc1CN(C)C(=O)C(C)n1nc(C(F)(F)F)c(Br)c1C. The van der Waals surface area contributed by atoms with E-state index in [0.717, 1.165) is 10.4 Å². The first-order chi connectivity index (χ1) is 11.6. The number of hydrogen-bond acceptors (Lipinski definition) is 3. The Balaban J connectivity index is 2.22. The number of carbonyl (C=O) groups excluding carboxylic acids is 1. The van der Waals surface area contributed by atoms with Crippen molar-refractivity contribution in [1.29, 1.82) is 0 Å². The van der Waals surface area contributed by atoms with Gasteiger partial charge in [-0.3, -0.25) is 14.2 Å². The Kier molecular flexibility index (Phi) is 5.60. The van der Waals surface area contributed by atoms with Crippen molar-refractivity contribution in [3.63, 3.8) is 0 Å². The van der Waals surface area contributed by atoms with Crippen LogP contribution in [0.4, 0.5) is 13.2 Å². The van der Waals surface area contributed by atoms with Crippen LogP contribution in [-0.4, -0.2) is 37.4 Å². The Hall–Kier alpha value is -1.84. The smallest absolute Gasteiger partial charge is 0.338 e. The van der Waals surface area contributed by atoms with Gasteiger partial charge in [-0.25, -0.2) is 0 Å². The number of nitrogens with zero attached hydrogens (tertiary/aromatic N) is 5. The van der Waals surface area contributed by atoms with E-state index in [-0.39, 0.29) is 16.1 Å². The van der Waals surface area contributed by atoms with Crippen molar-refractivity contribution in [1.82, 2.24) is 24.5 Å². The molecule has 1 amide bonds. The summed E-state index contributed by atoms with van der Waals surface area (Å²) >= 11 is 2.92. The molecule has 0 bridgehead atoms. The zero-order valence-corrected chi connectivity index (χ0v) is 15.9. The number of halogens is 4. The van der Waals surface area contributed by atoms with Crippen LogP contribution in [0.15, 0.2) is 16.7 Å². The van der Waals surface area contributed by atoms with Gasteiger partial charge in [0.2, 0.25) is 5.91 Å². The Morgan fingerprint density at radius 3 is 2.60 bits per heavy atom. The summed E-state index contributed by atoms with van der Waals surface area (Å²) in [7, 11) is 1.60. The van der Waals surface area contributed by atoms with Gasteiger partial charge in [-0.1, -0.05) is 0 Å². The Morgan fingerprint density at radius 2 is 2.08 bits per heavy atom. The van der Waals surface area contributed by atoms with Gasteiger partial charge in [0.05, 0.1) is 22.4 Å². The first-order valence-electron chi connectivity index (χ1n) is 7.65. The van der Waals surface area contributed by atoms with Crippen LogP contribution < -0.4 is 0 Å². The minimum Gasteiger partial charge on any atom is -0.338 e. The second kappa shape index (κ2) is 7.19. The highest BCUT2D eigenvalue weighted by atomic mass is 79.9. The number of alkyl halides is 3. The summed E-state index contributed by atoms with van der Waals surface area (Å²) < 4.78 is 41.7. The Morgan fingerprint density at radius 1 is 1.44 bits per heavy atom. The second-order valence-corrected chi connectivity index (χ2v) is 6.49. The van der Waals surface area contributed by atoms with Gasteiger partial charge >= 0.3 is 6.18 Å². The third-order valence-electron chi connectivity index (χ3n) is 3.95. The van der Waals surface area contributed by atoms with Gasteiger partial charge in [0.1, 0.15) is 6.04 Å². The van der Waals surface area contributed by atoms with Crippen LogP contribution in [0.5, 0.6) is 0 Å². The molecule has 6 nitrogen and oxygen atoms in total. The van der Waals surface area contributed by atoms with E-state index < -0.39 is 17.9 Å². The van der Waals surface area contributed by atoms with E-state index in [1.165, 1.54) is 18.7 Å². The third kappa shape index (κ3) is 3.88. The fourth-order valence-corrected chi connectivity index (χ4v) is 3.07. The summed E-state index contributed by atoms with van der Waals surface area (Å²) in [6.07, 6.45) is -2.94. The lowest BCUT2D eigenvalue weighted by atomic mass is 10.2. The van der Waals surface area contributed by atoms with E-state index in [1.807, 2.05) is 6.92 Å². The lowest BCUT2D eigenvalue weighted by Gasteiger charge is -2.22. The van der Waals surface area contributed by atoms with Crippen LogP contribution >= 0.6 is 15.9 Å². The number of amides is 1. The number of aryl methyl sites for hydroxylation is 1. The minimum absolute atomic E-state index is 0.147. The molecule has 0 N–H and O–H groups in total. The van der Waals surface area contributed by atoms with Gasteiger partial charge in [0.15, 0.2) is 5.69 Å². The van der Waals surface area contributed by atoms with Crippen LogP contribution in [0.25, 0.3) is 0 Å². The van der Waals surface area contributed by atoms with Crippen molar-refractivity contribution < 1.29 is 18.0 Å². The molecule has 0 saturated heterocycles. The van der Waals surface area contributed by atoms with Crippen LogP contribution in [0.1, 0.15) is 37.0 Å². The molecule has 2 rings (SSSR count). The van der Waals surface area contributed by atoms with Gasteiger partial charge in [-0.15, -0.1) is 0 Å². The summed E-state index contributed by atoms with van der Waals surface area (Å²) in [6, 6.07) is 0.936. The maximum absolute atomic E-state index is 13.0. The average Bonchev–Trinajstić information content (AvgIpc) is 3.10. The highest BCUT2D eigenvalue weighted by molar-refractivity contribution is 9.10. The molecule has 2 aromatic rings. The Labute approximate surface area is 151 Å². The van der Waals surface area contributed by atoms with E-state index in [2.05, 4.69) is 26.1 Å². The molecule has 0 aliphatic heterocycles. The molecule has 25 heavy (non-hydrogen) atoms. The zero-order valence-electron chi connectivity index (χ0n) is 14.3. The maximum atomic E-state index is 13.0. The lowest BCUT2D eigenvalue weighted by molar-refractivity contribution is -0.143. The Bertz CT molecular complexity index is 768. The summed E-state index contributed by atoms with van der Waals surface area (Å²) in [4.78, 5) is 14.1. The lowest BCUT2D eigenvalue weighted by Crippen LogP contribution is -2.34. The monoisotopic (exact) mass is 421 g/mol. The first-order valence-corrected chi connectivity index (χ1v) is 8.44. The number of carbonyl (C=O) groups is 1. The van der Waals surface area contributed by atoms with Crippen molar-refractivity contribution >= 4 is 21.8 Å². The van der Waals surface area contributed by atoms with Crippen LogP contribution in [0.3, 0.4) is 0 Å². The van der Waals surface area contributed by atoms with E-state index in [4.69, 9.17) is 0 Å². The molecule has 0 saturated carbocycles. The van der Waals surface area contributed by atoms with Crippen molar-refractivity contribution in [3.8, 4) is 0 Å². The summed E-state index contributed by atoms with van der Waals surface area (Å²) in [6.45, 7) is 5.93. The van der Waals surface area contributed by atoms with Crippen molar-refractivity contribution in [2.45, 2.75) is 46.1 Å². The fourth-order valence-electron chi connectivity index (χ4n) is 2.58. The zero-order chi connectivity index (χ0) is 18.9. The predicted molar refractivity (Wildman–Crippen MR) is 88.8 cm³/mol. The number of likely N-dealkylation sites (N-methyl/N-ethyl adjacent to an activating group) is 1. The van der Waals surface area contributed by atoms with Gasteiger partial charge in [0.25, 0.3) is 0 Å². The van der Waals surface area contributed by atoms with Gasteiger partial charge < -0.3 is 4.90 Å². The molecule has 138 valence electrons. The second-order valence-electron chi connectivity index (χ2n) is 5.70. The summed E-state index contributed by atoms with van der Waals surface area (Å²) in [5.41, 5.74) is 0.0661. The van der Waals surface area contributed by atoms with Gasteiger partial charge in [0, 0.05) is 19.8 Å². The average molecular weight is 422 g/mol. The van der Waals surface area contributed by atoms with E-state index in [9.17, 15) is 18.0 Å². The molecule has 0 spiro atoms. The third-order valence-corrected chi connectivity index (χ3v) is 4.90. The largest absolute Gasteiger partial charge is 0.436 e. The molecule has 1 atom stereocenters. The molecular formula is C15H19BrF3N5O. The van der Waals surface area contributed by atoms with Crippen LogP contribution in [-0.2, 0) is 24.1 Å². The van der Waals surface area contributed by atoms with Gasteiger partial charge in [-0.05, 0) is 42.8 Å². The summed E-state index contributed by atoms with van der Waals surface area (Å²) in [5, 5.41) is 7.73. The quantitative estimate of drug-likeness (QED) is 0.743. The summed E-state index contributed by atoms with van der Waals surface area (Å²) in [5.74, 6) is -0.337. The number of hydrogen-bond donors (Lipinski definition) is 0. The maximum Gasteiger partial charge on any atom is 0.436 e. The molecule has 10 heteroatoms. The molecule has 1 unspecified atom stereocenters. The topological polar surface area (TPSA) is 56.0 Å². The van der Waals surface area contributed by atoms with Crippen molar-refractivity contribution in [2.75, 3.05) is 7.05 Å². The molecule has 0 aliphatic carbocycles. The molecule has 0 aromatic carbocycles. The van der Waals surface area contributed by atoms with Gasteiger partial charge in [-0.2, -0.15) is 23.4 Å². The molecule has 2 aromatic heterocycles. The number of rotatable bonds is 5. The molecule has 2 heterocycles. The van der Waals surface area contributed by atoms with Crippen molar-refractivity contribution in [2.24, 2.45) is 0 Å². The normalized spacial score (nSPS) is 13.1. The van der Waals surface area contributed by atoms with E-state index in [0.29, 0.717) is 13.1 Å². The van der Waals surface area contributed by atoms with Crippen LogP contribution in [0, 0.1) is 6.92 Å². The highest BCUT2D eigenvalue weighted by Crippen LogP contribution is 2.36. The first kappa shape index (κ1) is 19.5. The fraction of sp³-hybridized carbons (Fsp3) is 0.533. The van der Waals surface area contributed by atoms with Crippen molar-refractivity contribution in [3.05, 3.63) is 33.8 Å². The van der Waals surface area contributed by atoms with E-state index >= 15 is 0 Å². The van der Waals surface area contributed by atoms with E-state index in [1.54, 1.807) is 24.0 Å². The molecule has 0 fully saturated rings. The minimum atomic E-state index is -4.59. The standard InChI is InChI=1S/C15H19BrF3N5O/c1-5-23-11(6-7-20-23)8-22(4)14(25)10(3)24-9(2)12(16)13(21-24)15(17,18)19/h6-7,10H,5,8H2,1-4H3. The predicted octanol–water partition coefficient (Wildman–Crippen LogP) is 3.41.